The maximum atomic E-state index is 12.9. The second-order valence-electron chi connectivity index (χ2n) is 7.73. The van der Waals surface area contributed by atoms with E-state index in [0.29, 0.717) is 22.3 Å². The van der Waals surface area contributed by atoms with Crippen molar-refractivity contribution in [3.05, 3.63) is 26.6 Å². The van der Waals surface area contributed by atoms with Crippen LogP contribution in [0.3, 0.4) is 0 Å². The highest BCUT2D eigenvalue weighted by atomic mass is 32.1. The average Bonchev–Trinajstić information content (AvgIpc) is 2.87. The van der Waals surface area contributed by atoms with Crippen molar-refractivity contribution in [2.45, 2.75) is 45.6 Å². The van der Waals surface area contributed by atoms with Crippen LogP contribution >= 0.6 is 11.3 Å². The number of carbonyl (C=O) groups is 1. The van der Waals surface area contributed by atoms with Gasteiger partial charge in [0.25, 0.3) is 11.5 Å². The number of aryl methyl sites for hydroxylation is 2. The van der Waals surface area contributed by atoms with E-state index in [9.17, 15) is 9.59 Å². The molecule has 1 saturated heterocycles. The predicted octanol–water partition coefficient (Wildman–Crippen LogP) is 0.528. The van der Waals surface area contributed by atoms with E-state index in [1.54, 1.807) is 0 Å². The van der Waals surface area contributed by atoms with E-state index in [-0.39, 0.29) is 11.5 Å². The molecule has 2 N–H and O–H groups in total. The van der Waals surface area contributed by atoms with Gasteiger partial charge in [0.05, 0.1) is 25.3 Å². The number of fused-ring (bicyclic) bond motifs is 2. The molecule has 2 aliphatic rings. The van der Waals surface area contributed by atoms with Gasteiger partial charge in [-0.05, 0) is 19.8 Å². The van der Waals surface area contributed by atoms with Gasteiger partial charge in [-0.25, -0.2) is 4.98 Å². The molecule has 152 valence electrons. The Hall–Kier alpha value is -1.77. The van der Waals surface area contributed by atoms with Crippen LogP contribution in [0.4, 0.5) is 0 Å². The molecule has 0 aromatic carbocycles. The fraction of sp³-hybridized carbons (Fsp3) is 0.650. The number of amides is 1. The highest BCUT2D eigenvalue weighted by molar-refractivity contribution is 7.19. The van der Waals surface area contributed by atoms with E-state index in [4.69, 9.17) is 9.72 Å². The molecule has 0 radical (unpaired) electrons. The minimum absolute atomic E-state index is 0.0185. The van der Waals surface area contributed by atoms with Crippen molar-refractivity contribution >= 4 is 27.5 Å². The van der Waals surface area contributed by atoms with Gasteiger partial charge in [-0.2, -0.15) is 0 Å². The summed E-state index contributed by atoms with van der Waals surface area (Å²) < 4.78 is 7.81. The Balaban J connectivity index is 1.49. The van der Waals surface area contributed by atoms with E-state index < -0.39 is 0 Å². The number of carbonyl (C=O) groups excluding carboxylic acids is 1. The summed E-state index contributed by atoms with van der Waals surface area (Å²) in [4.78, 5) is 33.0. The monoisotopic (exact) mass is 405 g/mol. The van der Waals surface area contributed by atoms with E-state index in [1.807, 2.05) is 11.5 Å². The molecule has 8 heteroatoms. The third-order valence-electron chi connectivity index (χ3n) is 5.75. The molecule has 0 aliphatic carbocycles. The van der Waals surface area contributed by atoms with E-state index in [1.165, 1.54) is 16.2 Å². The molecule has 0 atom stereocenters. The lowest BCUT2D eigenvalue weighted by Gasteiger charge is -2.23. The summed E-state index contributed by atoms with van der Waals surface area (Å²) in [5.41, 5.74) is 1.20. The van der Waals surface area contributed by atoms with Gasteiger partial charge >= 0.3 is 0 Å². The molecule has 0 unspecified atom stereocenters. The molecule has 4 rings (SSSR count). The standard InChI is InChI=1S/C20H28N4O3S/c1-14-16(19(25)21-7-5-8-23-10-12-27-13-11-23)17-18(28-14)20(26)24-9-4-2-3-6-15(24)22-17/h2-13H2,1H3,(H,21,25)/p+1. The molecular weight excluding hydrogens is 376 g/mol. The first kappa shape index (κ1) is 19.5. The Morgan fingerprint density at radius 1 is 1.29 bits per heavy atom. The van der Waals surface area contributed by atoms with Gasteiger partial charge in [-0.1, -0.05) is 6.42 Å². The smallest absolute Gasteiger partial charge is 0.271 e. The Kier molecular flexibility index (Phi) is 6.08. The molecule has 2 aliphatic heterocycles. The predicted molar refractivity (Wildman–Crippen MR) is 110 cm³/mol. The average molecular weight is 406 g/mol. The number of nitrogens with one attached hydrogen (secondary N) is 2. The molecule has 0 bridgehead atoms. The third kappa shape index (κ3) is 3.99. The number of thiophene rings is 1. The number of aromatic nitrogens is 2. The van der Waals surface area contributed by atoms with Crippen LogP contribution in [0.15, 0.2) is 4.79 Å². The first-order valence-corrected chi connectivity index (χ1v) is 11.2. The maximum Gasteiger partial charge on any atom is 0.271 e. The molecular formula is C20H29N4O3S+. The summed E-state index contributed by atoms with van der Waals surface area (Å²) in [6.07, 6.45) is 4.93. The molecule has 28 heavy (non-hydrogen) atoms. The number of hydrogen-bond donors (Lipinski definition) is 2. The maximum absolute atomic E-state index is 12.9. The fourth-order valence-electron chi connectivity index (χ4n) is 4.17. The molecule has 0 saturated carbocycles. The first-order chi connectivity index (χ1) is 13.6. The Morgan fingerprint density at radius 3 is 2.93 bits per heavy atom. The minimum atomic E-state index is -0.105. The quantitative estimate of drug-likeness (QED) is 0.712. The van der Waals surface area contributed by atoms with Crippen LogP contribution in [0.2, 0.25) is 0 Å². The normalized spacial score (nSPS) is 18.0. The highest BCUT2D eigenvalue weighted by Crippen LogP contribution is 2.28. The summed E-state index contributed by atoms with van der Waals surface area (Å²) in [6.45, 7) is 8.07. The summed E-state index contributed by atoms with van der Waals surface area (Å²) in [5, 5.41) is 3.04. The summed E-state index contributed by atoms with van der Waals surface area (Å²) in [7, 11) is 0. The van der Waals surface area contributed by atoms with Crippen LogP contribution in [-0.2, 0) is 17.7 Å². The highest BCUT2D eigenvalue weighted by Gasteiger charge is 2.23. The molecule has 1 fully saturated rings. The molecule has 2 aromatic rings. The van der Waals surface area contributed by atoms with Crippen LogP contribution in [0.5, 0.6) is 0 Å². The van der Waals surface area contributed by atoms with Crippen molar-refractivity contribution < 1.29 is 14.4 Å². The van der Waals surface area contributed by atoms with Gasteiger partial charge < -0.3 is 15.0 Å². The number of ether oxygens (including phenoxy) is 1. The number of hydrogen-bond acceptors (Lipinski definition) is 5. The fourth-order valence-corrected chi connectivity index (χ4v) is 5.21. The minimum Gasteiger partial charge on any atom is -0.370 e. The lowest BCUT2D eigenvalue weighted by atomic mass is 10.2. The van der Waals surface area contributed by atoms with Gasteiger partial charge in [0, 0.05) is 30.8 Å². The lowest BCUT2D eigenvalue weighted by Crippen LogP contribution is -3.14. The number of nitrogens with zero attached hydrogens (tertiary/aromatic N) is 2. The Labute approximate surface area is 168 Å². The van der Waals surface area contributed by atoms with Gasteiger partial charge in [-0.3, -0.25) is 14.2 Å². The van der Waals surface area contributed by atoms with Gasteiger partial charge in [0.1, 0.15) is 29.1 Å². The van der Waals surface area contributed by atoms with E-state index in [2.05, 4.69) is 5.32 Å². The van der Waals surface area contributed by atoms with Crippen molar-refractivity contribution in [2.75, 3.05) is 39.4 Å². The van der Waals surface area contributed by atoms with E-state index >= 15 is 0 Å². The van der Waals surface area contributed by atoms with Crippen LogP contribution in [-0.4, -0.2) is 54.9 Å². The summed E-state index contributed by atoms with van der Waals surface area (Å²) in [6, 6.07) is 0. The lowest BCUT2D eigenvalue weighted by molar-refractivity contribution is -0.908. The third-order valence-corrected chi connectivity index (χ3v) is 6.84. The van der Waals surface area contributed by atoms with Gasteiger partial charge in [0.15, 0.2) is 0 Å². The Morgan fingerprint density at radius 2 is 2.11 bits per heavy atom. The number of quaternary nitrogens is 1. The summed E-state index contributed by atoms with van der Waals surface area (Å²) >= 11 is 1.40. The van der Waals surface area contributed by atoms with Crippen molar-refractivity contribution in [3.8, 4) is 0 Å². The van der Waals surface area contributed by atoms with Crippen LogP contribution in [0.1, 0.15) is 46.7 Å². The van der Waals surface area contributed by atoms with Crippen LogP contribution in [0, 0.1) is 6.92 Å². The molecule has 7 nitrogen and oxygen atoms in total. The number of morpholine rings is 1. The zero-order chi connectivity index (χ0) is 19.5. The SMILES string of the molecule is Cc1sc2c(=O)n3c(nc2c1C(=O)NCCC[NH+]1CCOCC1)CCCCC3. The number of rotatable bonds is 5. The van der Waals surface area contributed by atoms with Crippen LogP contribution < -0.4 is 15.8 Å². The second-order valence-corrected chi connectivity index (χ2v) is 8.95. The Bertz CT molecular complexity index is 914. The topological polar surface area (TPSA) is 77.7 Å². The molecule has 2 aromatic heterocycles. The second kappa shape index (κ2) is 8.71. The van der Waals surface area contributed by atoms with Gasteiger partial charge in [-0.15, -0.1) is 11.3 Å². The van der Waals surface area contributed by atoms with Crippen LogP contribution in [0.25, 0.3) is 10.2 Å². The van der Waals surface area contributed by atoms with Crippen molar-refractivity contribution in [2.24, 2.45) is 0 Å². The van der Waals surface area contributed by atoms with E-state index in [0.717, 1.165) is 82.2 Å². The molecule has 1 amide bonds. The van der Waals surface area contributed by atoms with Crippen molar-refractivity contribution in [1.82, 2.24) is 14.9 Å². The molecule has 4 heterocycles. The molecule has 0 spiro atoms. The summed E-state index contributed by atoms with van der Waals surface area (Å²) in [5.74, 6) is 0.726. The van der Waals surface area contributed by atoms with Crippen molar-refractivity contribution in [1.29, 1.82) is 0 Å². The first-order valence-electron chi connectivity index (χ1n) is 10.4. The zero-order valence-electron chi connectivity index (χ0n) is 16.5. The largest absolute Gasteiger partial charge is 0.370 e. The van der Waals surface area contributed by atoms with Crippen molar-refractivity contribution in [3.63, 3.8) is 0 Å². The van der Waals surface area contributed by atoms with Gasteiger partial charge in [0.2, 0.25) is 0 Å². The zero-order valence-corrected chi connectivity index (χ0v) is 17.3.